The van der Waals surface area contributed by atoms with Crippen LogP contribution in [0.15, 0.2) is 34.8 Å². The number of carbonyl (C=O) groups is 1. The highest BCUT2D eigenvalue weighted by Gasteiger charge is 2.22. The molecule has 0 saturated heterocycles. The van der Waals surface area contributed by atoms with Gasteiger partial charge in [-0.25, -0.2) is 0 Å². The van der Waals surface area contributed by atoms with Gasteiger partial charge in [0.05, 0.1) is 16.6 Å². The van der Waals surface area contributed by atoms with E-state index in [0.717, 1.165) is 4.47 Å². The summed E-state index contributed by atoms with van der Waals surface area (Å²) in [5.74, 6) is -0.0742. The average Bonchev–Trinajstić information content (AvgIpc) is 2.85. The molecule has 106 valence electrons. The Balaban J connectivity index is 2.26. The van der Waals surface area contributed by atoms with E-state index in [0.29, 0.717) is 10.6 Å². The largest absolute Gasteiger partial charge is 0.334 e. The van der Waals surface area contributed by atoms with E-state index in [1.54, 1.807) is 35.4 Å². The van der Waals surface area contributed by atoms with Gasteiger partial charge in [0.2, 0.25) is 0 Å². The SMILES string of the molecule is Cc1ccc(C(C)N(C)C(=O)c2cc(Br)ccc2Cl)s1. The number of nitrogens with zero attached hydrogens (tertiary/aromatic N) is 1. The van der Waals surface area contributed by atoms with Crippen LogP contribution in [0.3, 0.4) is 0 Å². The summed E-state index contributed by atoms with van der Waals surface area (Å²) >= 11 is 11.2. The van der Waals surface area contributed by atoms with E-state index in [4.69, 9.17) is 11.6 Å². The predicted molar refractivity (Wildman–Crippen MR) is 88.7 cm³/mol. The Labute approximate surface area is 136 Å². The molecule has 0 aliphatic heterocycles. The average molecular weight is 373 g/mol. The van der Waals surface area contributed by atoms with Crippen molar-refractivity contribution in [1.29, 1.82) is 0 Å². The first-order chi connectivity index (χ1) is 9.40. The standard InChI is InChI=1S/C15H15BrClNOS/c1-9-4-7-14(20-9)10(2)18(3)15(19)12-8-11(16)5-6-13(12)17/h4-8,10H,1-3H3. The lowest BCUT2D eigenvalue weighted by atomic mass is 10.1. The molecule has 0 fully saturated rings. The van der Waals surface area contributed by atoms with E-state index in [9.17, 15) is 4.79 Å². The van der Waals surface area contributed by atoms with Gasteiger partial charge in [0.1, 0.15) is 0 Å². The van der Waals surface area contributed by atoms with E-state index in [2.05, 4.69) is 35.0 Å². The molecular formula is C15H15BrClNOS. The van der Waals surface area contributed by atoms with Gasteiger partial charge in [-0.1, -0.05) is 27.5 Å². The number of carbonyl (C=O) groups excluding carboxylic acids is 1. The molecule has 0 bridgehead atoms. The quantitative estimate of drug-likeness (QED) is 0.715. The lowest BCUT2D eigenvalue weighted by molar-refractivity contribution is 0.0745. The molecule has 0 aliphatic carbocycles. The molecule has 1 aromatic carbocycles. The number of amides is 1. The molecule has 20 heavy (non-hydrogen) atoms. The van der Waals surface area contributed by atoms with E-state index in [1.807, 2.05) is 13.0 Å². The van der Waals surface area contributed by atoms with Crippen molar-refractivity contribution in [2.45, 2.75) is 19.9 Å². The zero-order chi connectivity index (χ0) is 14.9. The molecule has 1 heterocycles. The van der Waals surface area contributed by atoms with Crippen molar-refractivity contribution in [1.82, 2.24) is 4.90 Å². The molecule has 0 saturated carbocycles. The van der Waals surface area contributed by atoms with Gasteiger partial charge in [-0.05, 0) is 44.2 Å². The molecular weight excluding hydrogens is 358 g/mol. The van der Waals surface area contributed by atoms with Crippen LogP contribution in [0.25, 0.3) is 0 Å². The Bertz CT molecular complexity index is 641. The molecule has 1 amide bonds. The number of aryl methyl sites for hydroxylation is 1. The molecule has 1 aromatic heterocycles. The Morgan fingerprint density at radius 2 is 2.05 bits per heavy atom. The van der Waals surface area contributed by atoms with Crippen LogP contribution in [0.4, 0.5) is 0 Å². The maximum atomic E-state index is 12.6. The van der Waals surface area contributed by atoms with Gasteiger partial charge in [-0.3, -0.25) is 4.79 Å². The lowest BCUT2D eigenvalue weighted by Gasteiger charge is -2.24. The number of hydrogen-bond acceptors (Lipinski definition) is 2. The fourth-order valence-corrected chi connectivity index (χ4v) is 3.43. The number of benzene rings is 1. The molecule has 5 heteroatoms. The Kier molecular flexibility index (Phi) is 4.89. The summed E-state index contributed by atoms with van der Waals surface area (Å²) in [5.41, 5.74) is 0.517. The van der Waals surface area contributed by atoms with Crippen molar-refractivity contribution in [3.05, 3.63) is 55.1 Å². The van der Waals surface area contributed by atoms with Crippen LogP contribution in [-0.4, -0.2) is 17.9 Å². The van der Waals surface area contributed by atoms with Crippen molar-refractivity contribution in [3.8, 4) is 0 Å². The molecule has 0 radical (unpaired) electrons. The van der Waals surface area contributed by atoms with Gasteiger partial charge in [-0.2, -0.15) is 0 Å². The normalized spacial score (nSPS) is 12.2. The Morgan fingerprint density at radius 1 is 1.35 bits per heavy atom. The third kappa shape index (κ3) is 3.25. The molecule has 2 rings (SSSR count). The van der Waals surface area contributed by atoms with Gasteiger partial charge < -0.3 is 4.90 Å². The molecule has 2 nitrogen and oxygen atoms in total. The van der Waals surface area contributed by atoms with Crippen molar-refractivity contribution in [2.24, 2.45) is 0 Å². The smallest absolute Gasteiger partial charge is 0.255 e. The number of halogens is 2. The number of rotatable bonds is 3. The van der Waals surface area contributed by atoms with Gasteiger partial charge in [-0.15, -0.1) is 11.3 Å². The highest BCUT2D eigenvalue weighted by Crippen LogP contribution is 2.29. The second-order valence-electron chi connectivity index (χ2n) is 4.66. The Hall–Kier alpha value is -0.840. The van der Waals surface area contributed by atoms with Crippen LogP contribution in [0, 0.1) is 6.92 Å². The summed E-state index contributed by atoms with van der Waals surface area (Å²) in [6, 6.07) is 9.47. The van der Waals surface area contributed by atoms with Crippen LogP contribution in [0.1, 0.15) is 33.1 Å². The molecule has 0 spiro atoms. The van der Waals surface area contributed by atoms with Crippen molar-refractivity contribution in [3.63, 3.8) is 0 Å². The summed E-state index contributed by atoms with van der Waals surface area (Å²) in [5, 5.41) is 0.472. The van der Waals surface area contributed by atoms with Gasteiger partial charge >= 0.3 is 0 Å². The molecule has 2 aromatic rings. The predicted octanol–water partition coefficient (Wildman–Crippen LogP) is 5.31. The minimum absolute atomic E-state index is 0.0243. The first-order valence-corrected chi connectivity index (χ1v) is 8.17. The van der Waals surface area contributed by atoms with Crippen molar-refractivity contribution in [2.75, 3.05) is 7.05 Å². The highest BCUT2D eigenvalue weighted by atomic mass is 79.9. The minimum Gasteiger partial charge on any atom is -0.334 e. The van der Waals surface area contributed by atoms with Gasteiger partial charge in [0.15, 0.2) is 0 Å². The fraction of sp³-hybridized carbons (Fsp3) is 0.267. The van der Waals surface area contributed by atoms with Crippen LogP contribution in [0.2, 0.25) is 5.02 Å². The summed E-state index contributed by atoms with van der Waals surface area (Å²) in [4.78, 5) is 16.7. The molecule has 1 unspecified atom stereocenters. The van der Waals surface area contributed by atoms with Crippen molar-refractivity contribution < 1.29 is 4.79 Å². The van der Waals surface area contributed by atoms with E-state index >= 15 is 0 Å². The van der Waals surface area contributed by atoms with Crippen LogP contribution in [0.5, 0.6) is 0 Å². The van der Waals surface area contributed by atoms with Crippen LogP contribution >= 0.6 is 38.9 Å². The summed E-state index contributed by atoms with van der Waals surface area (Å²) < 4.78 is 0.846. The van der Waals surface area contributed by atoms with Crippen LogP contribution in [-0.2, 0) is 0 Å². The maximum Gasteiger partial charge on any atom is 0.255 e. The van der Waals surface area contributed by atoms with E-state index in [1.165, 1.54) is 9.75 Å². The third-order valence-electron chi connectivity index (χ3n) is 3.23. The Morgan fingerprint density at radius 3 is 2.65 bits per heavy atom. The highest BCUT2D eigenvalue weighted by molar-refractivity contribution is 9.10. The molecule has 0 N–H and O–H groups in total. The van der Waals surface area contributed by atoms with Gasteiger partial charge in [0, 0.05) is 21.3 Å². The summed E-state index contributed by atoms with van der Waals surface area (Å²) in [7, 11) is 1.80. The second kappa shape index (κ2) is 6.29. The monoisotopic (exact) mass is 371 g/mol. The maximum absolute atomic E-state index is 12.6. The zero-order valence-corrected chi connectivity index (χ0v) is 14.6. The fourth-order valence-electron chi connectivity index (χ4n) is 1.90. The van der Waals surface area contributed by atoms with Gasteiger partial charge in [0.25, 0.3) is 5.91 Å². The first-order valence-electron chi connectivity index (χ1n) is 6.18. The first kappa shape index (κ1) is 15.5. The second-order valence-corrected chi connectivity index (χ2v) is 7.31. The summed E-state index contributed by atoms with van der Waals surface area (Å²) in [6.07, 6.45) is 0. The number of hydrogen-bond donors (Lipinski definition) is 0. The topological polar surface area (TPSA) is 20.3 Å². The molecule has 1 atom stereocenters. The minimum atomic E-state index is -0.0742. The third-order valence-corrected chi connectivity index (χ3v) is 5.23. The zero-order valence-electron chi connectivity index (χ0n) is 11.5. The van der Waals surface area contributed by atoms with Crippen LogP contribution < -0.4 is 0 Å². The van der Waals surface area contributed by atoms with Crippen molar-refractivity contribution >= 4 is 44.8 Å². The van der Waals surface area contributed by atoms with E-state index < -0.39 is 0 Å². The number of thiophene rings is 1. The molecule has 0 aliphatic rings. The van der Waals surface area contributed by atoms with E-state index in [-0.39, 0.29) is 11.9 Å². The summed E-state index contributed by atoms with van der Waals surface area (Å²) in [6.45, 7) is 4.09. The lowest BCUT2D eigenvalue weighted by Crippen LogP contribution is -2.29.